The fourth-order valence-electron chi connectivity index (χ4n) is 1.88. The second-order valence-corrected chi connectivity index (χ2v) is 6.72. The molecule has 0 spiro atoms. The van der Waals surface area contributed by atoms with Crippen LogP contribution >= 0.6 is 0 Å². The van der Waals surface area contributed by atoms with Crippen molar-refractivity contribution >= 4 is 10.2 Å². The maximum absolute atomic E-state index is 13.1. The topological polar surface area (TPSA) is 49.4 Å². The lowest BCUT2D eigenvalue weighted by molar-refractivity contribution is 0.498. The average Bonchev–Trinajstić information content (AvgIpc) is 2.47. The Balaban J connectivity index is 2.43. The summed E-state index contributed by atoms with van der Waals surface area (Å²) in [5.41, 5.74) is 1.46. The van der Waals surface area contributed by atoms with Crippen molar-refractivity contribution < 1.29 is 12.8 Å². The summed E-state index contributed by atoms with van der Waals surface area (Å²) < 4.78 is 41.0. The van der Waals surface area contributed by atoms with Crippen molar-refractivity contribution in [1.29, 1.82) is 0 Å². The highest BCUT2D eigenvalue weighted by atomic mass is 32.2. The summed E-state index contributed by atoms with van der Waals surface area (Å²) in [6.45, 7) is 0. The van der Waals surface area contributed by atoms with Crippen molar-refractivity contribution in [2.75, 3.05) is 14.1 Å². The van der Waals surface area contributed by atoms with E-state index in [1.807, 2.05) is 30.3 Å². The van der Waals surface area contributed by atoms with Crippen LogP contribution in [0.1, 0.15) is 17.2 Å². The van der Waals surface area contributed by atoms with Gasteiger partial charge in [0.1, 0.15) is 5.82 Å². The molecule has 2 aromatic rings. The van der Waals surface area contributed by atoms with E-state index < -0.39 is 16.3 Å². The zero-order valence-corrected chi connectivity index (χ0v) is 12.6. The first-order valence-electron chi connectivity index (χ1n) is 6.40. The molecule has 1 N–H and O–H groups in total. The number of benzene rings is 2. The predicted octanol–water partition coefficient (Wildman–Crippen LogP) is 2.31. The minimum absolute atomic E-state index is 0.360. The van der Waals surface area contributed by atoms with Gasteiger partial charge in [-0.15, -0.1) is 0 Å². The summed E-state index contributed by atoms with van der Waals surface area (Å²) in [4.78, 5) is 0. The zero-order chi connectivity index (χ0) is 15.5. The molecule has 0 heterocycles. The molecule has 112 valence electrons. The third-order valence-corrected chi connectivity index (χ3v) is 4.58. The van der Waals surface area contributed by atoms with Gasteiger partial charge in [-0.05, 0) is 23.3 Å². The van der Waals surface area contributed by atoms with Gasteiger partial charge in [0.2, 0.25) is 0 Å². The molecule has 0 saturated carbocycles. The van der Waals surface area contributed by atoms with Crippen molar-refractivity contribution in [3.8, 4) is 0 Å². The smallest absolute Gasteiger partial charge is 0.207 e. The van der Waals surface area contributed by atoms with Crippen LogP contribution in [0, 0.1) is 5.82 Å². The highest BCUT2D eigenvalue weighted by molar-refractivity contribution is 7.87. The maximum Gasteiger partial charge on any atom is 0.279 e. The first kappa shape index (κ1) is 15.6. The number of rotatable bonds is 5. The molecule has 0 aliphatic heterocycles. The number of hydrogen-bond donors (Lipinski definition) is 1. The molecule has 0 saturated heterocycles. The minimum Gasteiger partial charge on any atom is -0.207 e. The second kappa shape index (κ2) is 6.34. The molecular formula is C15H17FN2O2S. The van der Waals surface area contributed by atoms with Gasteiger partial charge >= 0.3 is 0 Å². The Kier molecular flexibility index (Phi) is 4.72. The molecule has 0 radical (unpaired) electrons. The number of hydrogen-bond acceptors (Lipinski definition) is 2. The van der Waals surface area contributed by atoms with Gasteiger partial charge in [-0.3, -0.25) is 0 Å². The molecule has 2 rings (SSSR count). The fraction of sp³-hybridized carbons (Fsp3) is 0.200. The zero-order valence-electron chi connectivity index (χ0n) is 11.8. The van der Waals surface area contributed by atoms with Gasteiger partial charge in [-0.2, -0.15) is 17.4 Å². The first-order valence-corrected chi connectivity index (χ1v) is 7.84. The SMILES string of the molecule is CN(C)S(=O)(=O)N[C@H](c1ccccc1)c1ccc(F)cc1. The molecular weight excluding hydrogens is 291 g/mol. The molecule has 6 heteroatoms. The minimum atomic E-state index is -3.61. The van der Waals surface area contributed by atoms with E-state index in [2.05, 4.69) is 4.72 Å². The lowest BCUT2D eigenvalue weighted by Crippen LogP contribution is -2.38. The first-order chi connectivity index (χ1) is 9.90. The number of nitrogens with one attached hydrogen (secondary N) is 1. The molecule has 0 aliphatic carbocycles. The van der Waals surface area contributed by atoms with Crippen LogP contribution in [0.15, 0.2) is 54.6 Å². The van der Waals surface area contributed by atoms with E-state index in [1.54, 1.807) is 12.1 Å². The van der Waals surface area contributed by atoms with E-state index in [0.717, 1.165) is 9.87 Å². The molecule has 0 unspecified atom stereocenters. The Hall–Kier alpha value is -1.76. The third-order valence-electron chi connectivity index (χ3n) is 3.08. The summed E-state index contributed by atoms with van der Waals surface area (Å²) in [7, 11) is -0.707. The Morgan fingerprint density at radius 2 is 1.48 bits per heavy atom. The lowest BCUT2D eigenvalue weighted by atomic mass is 10.00. The van der Waals surface area contributed by atoms with Crippen LogP contribution in [-0.4, -0.2) is 26.8 Å². The molecule has 1 atom stereocenters. The van der Waals surface area contributed by atoms with Gasteiger partial charge < -0.3 is 0 Å². The van der Waals surface area contributed by atoms with Crippen LogP contribution in [0.25, 0.3) is 0 Å². The highest BCUT2D eigenvalue weighted by Crippen LogP contribution is 2.23. The summed E-state index contributed by atoms with van der Waals surface area (Å²) in [6, 6.07) is 14.4. The van der Waals surface area contributed by atoms with Crippen LogP contribution in [0.3, 0.4) is 0 Å². The van der Waals surface area contributed by atoms with Crippen LogP contribution in [-0.2, 0) is 10.2 Å². The molecule has 0 aliphatic rings. The Labute approximate surface area is 124 Å². The van der Waals surface area contributed by atoms with E-state index in [4.69, 9.17) is 0 Å². The van der Waals surface area contributed by atoms with Crippen LogP contribution in [0.4, 0.5) is 4.39 Å². The second-order valence-electron chi connectivity index (χ2n) is 4.80. The normalized spacial score (nSPS) is 13.3. The number of nitrogens with zero attached hydrogens (tertiary/aromatic N) is 1. The summed E-state index contributed by atoms with van der Waals surface area (Å²) in [5.74, 6) is -0.360. The highest BCUT2D eigenvalue weighted by Gasteiger charge is 2.22. The van der Waals surface area contributed by atoms with Crippen molar-refractivity contribution in [3.05, 3.63) is 71.5 Å². The number of halogens is 1. The van der Waals surface area contributed by atoms with Gasteiger partial charge in [0.15, 0.2) is 0 Å². The monoisotopic (exact) mass is 308 g/mol. The van der Waals surface area contributed by atoms with Crippen molar-refractivity contribution in [2.45, 2.75) is 6.04 Å². The van der Waals surface area contributed by atoms with Gasteiger partial charge in [0.05, 0.1) is 6.04 Å². The quantitative estimate of drug-likeness (QED) is 0.921. The molecule has 4 nitrogen and oxygen atoms in total. The summed E-state index contributed by atoms with van der Waals surface area (Å²) >= 11 is 0. The van der Waals surface area contributed by atoms with Crippen LogP contribution < -0.4 is 4.72 Å². The van der Waals surface area contributed by atoms with Crippen molar-refractivity contribution in [3.63, 3.8) is 0 Å². The Morgan fingerprint density at radius 3 is 2.00 bits per heavy atom. The van der Waals surface area contributed by atoms with E-state index in [1.165, 1.54) is 26.2 Å². The van der Waals surface area contributed by atoms with Crippen LogP contribution in [0.2, 0.25) is 0 Å². The fourth-order valence-corrected chi connectivity index (χ4v) is 2.66. The van der Waals surface area contributed by atoms with E-state index in [0.29, 0.717) is 5.56 Å². The van der Waals surface area contributed by atoms with E-state index in [9.17, 15) is 12.8 Å². The summed E-state index contributed by atoms with van der Waals surface area (Å²) in [6.07, 6.45) is 0. The molecule has 0 bridgehead atoms. The Morgan fingerprint density at radius 1 is 0.952 bits per heavy atom. The van der Waals surface area contributed by atoms with E-state index in [-0.39, 0.29) is 5.82 Å². The maximum atomic E-state index is 13.1. The standard InChI is InChI=1S/C15H17FN2O2S/c1-18(2)21(19,20)17-15(12-6-4-3-5-7-12)13-8-10-14(16)11-9-13/h3-11,15,17H,1-2H3/t15-/m1/s1. The van der Waals surface area contributed by atoms with Gasteiger partial charge in [-0.25, -0.2) is 4.39 Å². The summed E-state index contributed by atoms with van der Waals surface area (Å²) in [5, 5.41) is 0. The average molecular weight is 308 g/mol. The molecule has 2 aromatic carbocycles. The predicted molar refractivity (Wildman–Crippen MR) is 80.4 cm³/mol. The molecule has 0 fully saturated rings. The Bertz CT molecular complexity index is 685. The van der Waals surface area contributed by atoms with Crippen molar-refractivity contribution in [2.24, 2.45) is 0 Å². The molecule has 0 aromatic heterocycles. The molecule has 21 heavy (non-hydrogen) atoms. The largest absolute Gasteiger partial charge is 0.279 e. The van der Waals surface area contributed by atoms with Crippen LogP contribution in [0.5, 0.6) is 0 Å². The molecule has 0 amide bonds. The van der Waals surface area contributed by atoms with Gasteiger partial charge in [-0.1, -0.05) is 42.5 Å². The third kappa shape index (κ3) is 3.87. The van der Waals surface area contributed by atoms with Crippen molar-refractivity contribution in [1.82, 2.24) is 9.03 Å². The van der Waals surface area contributed by atoms with Gasteiger partial charge in [0, 0.05) is 14.1 Å². The van der Waals surface area contributed by atoms with Gasteiger partial charge in [0.25, 0.3) is 10.2 Å². The van der Waals surface area contributed by atoms with E-state index >= 15 is 0 Å². The lowest BCUT2D eigenvalue weighted by Gasteiger charge is -2.22.